The lowest BCUT2D eigenvalue weighted by atomic mass is 9.68. The Balaban J connectivity index is 2.06. The van der Waals surface area contributed by atoms with Crippen LogP contribution in [0, 0.1) is 17.8 Å². The molecule has 3 rings (SSSR count). The Bertz CT molecular complexity index is 365. The Hall–Kier alpha value is -0.120. The molecule has 2 aliphatic heterocycles. The lowest BCUT2D eigenvalue weighted by Crippen LogP contribution is -2.62. The molecule has 2 bridgehead atoms. The first-order valence-electron chi connectivity index (χ1n) is 7.34. The number of ether oxygens (including phenoxy) is 1. The minimum Gasteiger partial charge on any atom is -0.390 e. The predicted octanol–water partition coefficient (Wildman–Crippen LogP) is 2.10. The molecule has 104 valence electrons. The lowest BCUT2D eigenvalue weighted by molar-refractivity contribution is -0.264. The highest BCUT2D eigenvalue weighted by Crippen LogP contribution is 2.62. The van der Waals surface area contributed by atoms with Gasteiger partial charge in [0.05, 0.1) is 22.9 Å². The molecule has 18 heavy (non-hydrogen) atoms. The number of hydrogen-bond donors (Lipinski definition) is 2. The molecule has 2 heterocycles. The van der Waals surface area contributed by atoms with Gasteiger partial charge in [-0.25, -0.2) is 0 Å². The summed E-state index contributed by atoms with van der Waals surface area (Å²) in [6.07, 6.45) is 3.16. The van der Waals surface area contributed by atoms with E-state index in [1.54, 1.807) is 0 Å². The van der Waals surface area contributed by atoms with Gasteiger partial charge in [-0.1, -0.05) is 13.8 Å². The minimum absolute atomic E-state index is 0.0267. The van der Waals surface area contributed by atoms with Gasteiger partial charge in [0, 0.05) is 5.92 Å². The van der Waals surface area contributed by atoms with Crippen LogP contribution in [0.5, 0.6) is 0 Å². The van der Waals surface area contributed by atoms with Gasteiger partial charge in [0.1, 0.15) is 0 Å². The second kappa shape index (κ2) is 3.50. The van der Waals surface area contributed by atoms with Crippen LogP contribution in [0.3, 0.4) is 0 Å². The summed E-state index contributed by atoms with van der Waals surface area (Å²) in [5, 5.41) is 21.5. The van der Waals surface area contributed by atoms with Gasteiger partial charge in [0.25, 0.3) is 0 Å². The van der Waals surface area contributed by atoms with Crippen molar-refractivity contribution in [3.05, 3.63) is 0 Å². The van der Waals surface area contributed by atoms with Crippen LogP contribution in [0.25, 0.3) is 0 Å². The van der Waals surface area contributed by atoms with Crippen molar-refractivity contribution in [1.29, 1.82) is 0 Å². The lowest BCUT2D eigenvalue weighted by Gasteiger charge is -2.53. The SMILES string of the molecule is CC(C)[C@]12CC[C@](C)(O1)[C@H]1CC[C@@](C)(O)[C@@H]1[C@H]2O. The summed E-state index contributed by atoms with van der Waals surface area (Å²) in [4.78, 5) is 0. The first kappa shape index (κ1) is 12.9. The van der Waals surface area contributed by atoms with E-state index < -0.39 is 17.3 Å². The monoisotopic (exact) mass is 254 g/mol. The molecule has 0 radical (unpaired) electrons. The zero-order valence-electron chi connectivity index (χ0n) is 11.9. The maximum atomic E-state index is 10.9. The molecule has 0 aromatic rings. The van der Waals surface area contributed by atoms with E-state index in [0.29, 0.717) is 5.92 Å². The fraction of sp³-hybridized carbons (Fsp3) is 1.00. The summed E-state index contributed by atoms with van der Waals surface area (Å²) in [6.45, 7) is 8.32. The van der Waals surface area contributed by atoms with Crippen molar-refractivity contribution in [3.8, 4) is 0 Å². The molecule has 0 aromatic carbocycles. The maximum Gasteiger partial charge on any atom is 0.0975 e. The highest BCUT2D eigenvalue weighted by molar-refractivity contribution is 5.17. The number of fused-ring (bicyclic) bond motifs is 4. The molecule has 6 atom stereocenters. The summed E-state index contributed by atoms with van der Waals surface area (Å²) in [5.41, 5.74) is -1.32. The highest BCUT2D eigenvalue weighted by Gasteiger charge is 2.68. The summed E-state index contributed by atoms with van der Waals surface area (Å²) < 4.78 is 6.39. The van der Waals surface area contributed by atoms with Crippen LogP contribution in [0.15, 0.2) is 0 Å². The maximum absolute atomic E-state index is 10.9. The second-order valence-electron chi connectivity index (χ2n) is 7.50. The van der Waals surface area contributed by atoms with Gasteiger partial charge in [-0.2, -0.15) is 0 Å². The molecule has 0 unspecified atom stereocenters. The molecular weight excluding hydrogens is 228 g/mol. The Morgan fingerprint density at radius 3 is 2.44 bits per heavy atom. The van der Waals surface area contributed by atoms with Crippen molar-refractivity contribution in [2.45, 2.75) is 76.3 Å². The molecule has 1 aliphatic carbocycles. The first-order chi connectivity index (χ1) is 8.23. The van der Waals surface area contributed by atoms with Crippen molar-refractivity contribution in [3.63, 3.8) is 0 Å². The van der Waals surface area contributed by atoms with E-state index in [9.17, 15) is 10.2 Å². The van der Waals surface area contributed by atoms with Gasteiger partial charge < -0.3 is 14.9 Å². The molecule has 3 heteroatoms. The average Bonchev–Trinajstić information content (AvgIpc) is 2.75. The summed E-state index contributed by atoms with van der Waals surface area (Å²) in [5.74, 6) is 0.560. The summed E-state index contributed by atoms with van der Waals surface area (Å²) >= 11 is 0. The van der Waals surface area contributed by atoms with Crippen LogP contribution in [0.2, 0.25) is 0 Å². The molecule has 0 aromatic heterocycles. The average molecular weight is 254 g/mol. The molecule has 0 amide bonds. The third-order valence-electron chi connectivity index (χ3n) is 6.15. The van der Waals surface area contributed by atoms with Gasteiger partial charge in [-0.15, -0.1) is 0 Å². The Kier molecular flexibility index (Phi) is 2.51. The Morgan fingerprint density at radius 1 is 1.17 bits per heavy atom. The number of aliphatic hydroxyl groups is 2. The fourth-order valence-electron chi connectivity index (χ4n) is 4.97. The Morgan fingerprint density at radius 2 is 1.83 bits per heavy atom. The van der Waals surface area contributed by atoms with Crippen LogP contribution >= 0.6 is 0 Å². The number of aliphatic hydroxyl groups excluding tert-OH is 1. The van der Waals surface area contributed by atoms with Crippen molar-refractivity contribution in [1.82, 2.24) is 0 Å². The molecule has 3 aliphatic rings. The van der Waals surface area contributed by atoms with E-state index in [-0.39, 0.29) is 17.4 Å². The van der Waals surface area contributed by atoms with Gasteiger partial charge in [-0.05, 0) is 51.4 Å². The minimum atomic E-state index is -0.737. The van der Waals surface area contributed by atoms with Crippen molar-refractivity contribution in [2.75, 3.05) is 0 Å². The van der Waals surface area contributed by atoms with Crippen LogP contribution in [0.1, 0.15) is 53.4 Å². The van der Waals surface area contributed by atoms with E-state index in [4.69, 9.17) is 4.74 Å². The van der Waals surface area contributed by atoms with E-state index in [1.807, 2.05) is 6.92 Å². The van der Waals surface area contributed by atoms with E-state index >= 15 is 0 Å². The smallest absolute Gasteiger partial charge is 0.0975 e. The van der Waals surface area contributed by atoms with Crippen molar-refractivity contribution >= 4 is 0 Å². The third kappa shape index (κ3) is 1.36. The van der Waals surface area contributed by atoms with Gasteiger partial charge in [0.2, 0.25) is 0 Å². The standard InChI is InChI=1S/C15H26O3/c1-9(2)15-8-7-14(4,18-15)10-5-6-13(3,17)11(10)12(15)16/h9-12,16-17H,5-8H2,1-4H3/t10-,11-,12+,13+,14-,15-/m0/s1. The van der Waals surface area contributed by atoms with Gasteiger partial charge >= 0.3 is 0 Å². The molecule has 3 fully saturated rings. The zero-order chi connectivity index (χ0) is 13.3. The van der Waals surface area contributed by atoms with Crippen LogP contribution in [-0.4, -0.2) is 33.1 Å². The molecule has 0 spiro atoms. The molecule has 2 saturated heterocycles. The van der Waals surface area contributed by atoms with Crippen molar-refractivity contribution in [2.24, 2.45) is 17.8 Å². The van der Waals surface area contributed by atoms with Gasteiger partial charge in [0.15, 0.2) is 0 Å². The fourth-order valence-corrected chi connectivity index (χ4v) is 4.97. The Labute approximate surface area is 110 Å². The molecule has 1 saturated carbocycles. The van der Waals surface area contributed by atoms with E-state index in [0.717, 1.165) is 25.7 Å². The number of rotatable bonds is 1. The van der Waals surface area contributed by atoms with Crippen LogP contribution in [0.4, 0.5) is 0 Å². The predicted molar refractivity (Wildman–Crippen MR) is 69.1 cm³/mol. The third-order valence-corrected chi connectivity index (χ3v) is 6.15. The highest BCUT2D eigenvalue weighted by atomic mass is 16.5. The zero-order valence-corrected chi connectivity index (χ0v) is 11.9. The summed E-state index contributed by atoms with van der Waals surface area (Å²) in [6, 6.07) is 0. The van der Waals surface area contributed by atoms with Crippen LogP contribution < -0.4 is 0 Å². The quantitative estimate of drug-likeness (QED) is 0.753. The molecular formula is C15H26O3. The largest absolute Gasteiger partial charge is 0.390 e. The topological polar surface area (TPSA) is 49.7 Å². The van der Waals surface area contributed by atoms with E-state index in [2.05, 4.69) is 20.8 Å². The van der Waals surface area contributed by atoms with Gasteiger partial charge in [-0.3, -0.25) is 0 Å². The number of hydrogen-bond acceptors (Lipinski definition) is 3. The second-order valence-corrected chi connectivity index (χ2v) is 7.50. The van der Waals surface area contributed by atoms with E-state index in [1.165, 1.54) is 0 Å². The summed E-state index contributed by atoms with van der Waals surface area (Å²) in [7, 11) is 0. The molecule has 3 nitrogen and oxygen atoms in total. The first-order valence-corrected chi connectivity index (χ1v) is 7.34. The van der Waals surface area contributed by atoms with Crippen molar-refractivity contribution < 1.29 is 14.9 Å². The normalized spacial score (nSPS) is 59.2. The van der Waals surface area contributed by atoms with Crippen LogP contribution in [-0.2, 0) is 4.74 Å². The molecule has 2 N–H and O–H groups in total.